The van der Waals surface area contributed by atoms with E-state index < -0.39 is 17.8 Å². The number of imidazole rings is 1. The lowest BCUT2D eigenvalue weighted by Gasteiger charge is -2.47. The molecule has 11 heteroatoms. The van der Waals surface area contributed by atoms with Crippen molar-refractivity contribution < 1.29 is 18.3 Å². The molecule has 2 fully saturated rings. The Balaban J connectivity index is 1.42. The monoisotopic (exact) mass is 541 g/mol. The number of alkyl halides is 3. The second-order valence-corrected chi connectivity index (χ2v) is 10.6. The van der Waals surface area contributed by atoms with Crippen LogP contribution in [-0.4, -0.2) is 63.9 Å². The molecule has 5 rings (SSSR count). The fraction of sp³-hybridized carbons (Fsp3) is 0.520. The average molecular weight is 542 g/mol. The van der Waals surface area contributed by atoms with Gasteiger partial charge in [-0.05, 0) is 61.1 Å². The lowest BCUT2D eigenvalue weighted by atomic mass is 9.80. The van der Waals surface area contributed by atoms with Crippen LogP contribution in [0.3, 0.4) is 0 Å². The van der Waals surface area contributed by atoms with Crippen LogP contribution in [0.5, 0.6) is 0 Å². The van der Waals surface area contributed by atoms with Gasteiger partial charge in [-0.2, -0.15) is 13.2 Å². The maximum Gasteiger partial charge on any atom is 0.435 e. The zero-order chi connectivity index (χ0) is 25.6. The van der Waals surface area contributed by atoms with Crippen LogP contribution in [0.1, 0.15) is 42.8 Å². The van der Waals surface area contributed by atoms with Crippen LogP contribution in [0.4, 0.5) is 19.0 Å². The Morgan fingerprint density at radius 1 is 1.11 bits per heavy atom. The number of anilines is 1. The van der Waals surface area contributed by atoms with Gasteiger partial charge in [0.05, 0.1) is 12.1 Å². The van der Waals surface area contributed by atoms with E-state index in [4.69, 9.17) is 23.2 Å². The summed E-state index contributed by atoms with van der Waals surface area (Å²) in [5.41, 5.74) is -0.411. The summed E-state index contributed by atoms with van der Waals surface area (Å²) in [7, 11) is 0. The first kappa shape index (κ1) is 25.6. The van der Waals surface area contributed by atoms with Gasteiger partial charge in [0.2, 0.25) is 0 Å². The first-order chi connectivity index (χ1) is 17.2. The molecule has 0 unspecified atom stereocenters. The van der Waals surface area contributed by atoms with E-state index in [1.165, 1.54) is 10.6 Å². The van der Waals surface area contributed by atoms with Gasteiger partial charge in [-0.3, -0.25) is 0 Å². The fourth-order valence-electron chi connectivity index (χ4n) is 5.45. The highest BCUT2D eigenvalue weighted by Gasteiger charge is 2.40. The third-order valence-corrected chi connectivity index (χ3v) is 8.01. The molecule has 194 valence electrons. The van der Waals surface area contributed by atoms with Gasteiger partial charge in [0.15, 0.2) is 5.69 Å². The molecule has 0 amide bonds. The molecule has 36 heavy (non-hydrogen) atoms. The number of aliphatic hydroxyl groups is 1. The SMILES string of the molecule is C[C@H](c1ccc(Cl)cc1Cl)c1nc(C(F)(F)F)c2ccc(N3CC([C@H]4CCCN(CCO)C4)C3)nn12. The van der Waals surface area contributed by atoms with Crippen LogP contribution in [0.2, 0.25) is 10.0 Å². The molecule has 4 heterocycles. The van der Waals surface area contributed by atoms with Crippen molar-refractivity contribution in [1.29, 1.82) is 0 Å². The number of nitrogens with zero attached hydrogens (tertiary/aromatic N) is 5. The normalized spacial score (nSPS) is 20.6. The number of aliphatic hydroxyl groups excluding tert-OH is 1. The number of hydrogen-bond acceptors (Lipinski definition) is 5. The van der Waals surface area contributed by atoms with Gasteiger partial charge in [-0.25, -0.2) is 9.50 Å². The van der Waals surface area contributed by atoms with Gasteiger partial charge < -0.3 is 14.9 Å². The van der Waals surface area contributed by atoms with Crippen molar-refractivity contribution in [2.75, 3.05) is 44.2 Å². The zero-order valence-corrected chi connectivity index (χ0v) is 21.4. The Hall–Kier alpha value is -2.07. The number of benzene rings is 1. The Bertz CT molecular complexity index is 1240. The van der Waals surface area contributed by atoms with E-state index in [0.29, 0.717) is 39.8 Å². The van der Waals surface area contributed by atoms with E-state index in [1.807, 2.05) is 0 Å². The molecular formula is C25H28Cl2F3N5O. The third kappa shape index (κ3) is 4.90. The van der Waals surface area contributed by atoms with Crippen molar-refractivity contribution >= 4 is 34.5 Å². The molecule has 1 aromatic carbocycles. The van der Waals surface area contributed by atoms with E-state index in [9.17, 15) is 18.3 Å². The smallest absolute Gasteiger partial charge is 0.395 e. The summed E-state index contributed by atoms with van der Waals surface area (Å²) < 4.78 is 42.8. The number of halogens is 5. The second-order valence-electron chi connectivity index (χ2n) is 9.78. The molecule has 2 aromatic heterocycles. The number of β-amino-alcohol motifs (C(OH)–C–C–N with tert-alkyl or cyclic N) is 1. The molecule has 0 radical (unpaired) electrons. The number of aromatic nitrogens is 3. The Morgan fingerprint density at radius 2 is 1.89 bits per heavy atom. The van der Waals surface area contributed by atoms with Crippen molar-refractivity contribution in [2.45, 2.75) is 31.9 Å². The van der Waals surface area contributed by atoms with E-state index in [0.717, 1.165) is 39.0 Å². The standard InChI is InChI=1S/C25H28Cl2F3N5O/c1-15(19-5-4-18(26)11-20(19)27)24-31-23(25(28,29)30)21-6-7-22(32-35(21)24)34-13-17(14-34)16-3-2-8-33(12-16)9-10-36/h4-7,11,15-17,36H,2-3,8-10,12-14H2,1H3/t15-,16+/m1/s1. The highest BCUT2D eigenvalue weighted by Crippen LogP contribution is 2.38. The van der Waals surface area contributed by atoms with E-state index in [-0.39, 0.29) is 17.9 Å². The van der Waals surface area contributed by atoms with Gasteiger partial charge in [0, 0.05) is 42.1 Å². The topological polar surface area (TPSA) is 56.9 Å². The summed E-state index contributed by atoms with van der Waals surface area (Å²) in [5, 5.41) is 14.7. The van der Waals surface area contributed by atoms with Crippen molar-refractivity contribution in [3.05, 3.63) is 57.5 Å². The Kier molecular flexibility index (Phi) is 7.11. The van der Waals surface area contributed by atoms with Crippen molar-refractivity contribution in [3.8, 4) is 0 Å². The highest BCUT2D eigenvalue weighted by molar-refractivity contribution is 6.35. The first-order valence-electron chi connectivity index (χ1n) is 12.2. The molecule has 2 aliphatic rings. The second kappa shape index (κ2) is 10.0. The van der Waals surface area contributed by atoms with Crippen LogP contribution in [0, 0.1) is 11.8 Å². The molecule has 3 aromatic rings. The predicted octanol–water partition coefficient (Wildman–Crippen LogP) is 5.35. The van der Waals surface area contributed by atoms with E-state index in [2.05, 4.69) is 19.9 Å². The third-order valence-electron chi connectivity index (χ3n) is 7.45. The van der Waals surface area contributed by atoms with Crippen molar-refractivity contribution in [2.24, 2.45) is 11.8 Å². The average Bonchev–Trinajstić information content (AvgIpc) is 3.18. The van der Waals surface area contributed by atoms with E-state index >= 15 is 0 Å². The molecule has 0 saturated carbocycles. The maximum absolute atomic E-state index is 13.8. The number of hydrogen-bond donors (Lipinski definition) is 1. The quantitative estimate of drug-likeness (QED) is 0.456. The molecular weight excluding hydrogens is 514 g/mol. The van der Waals surface area contributed by atoms with Crippen molar-refractivity contribution in [3.63, 3.8) is 0 Å². The zero-order valence-electron chi connectivity index (χ0n) is 19.8. The maximum atomic E-state index is 13.8. The van der Waals surface area contributed by atoms with Crippen molar-refractivity contribution in [1.82, 2.24) is 19.5 Å². The van der Waals surface area contributed by atoms with Crippen LogP contribution in [0.15, 0.2) is 30.3 Å². The largest absolute Gasteiger partial charge is 0.435 e. The minimum atomic E-state index is -4.61. The number of fused-ring (bicyclic) bond motifs is 1. The molecule has 0 aliphatic carbocycles. The molecule has 0 bridgehead atoms. The summed E-state index contributed by atoms with van der Waals surface area (Å²) in [5.74, 6) is 1.32. The number of rotatable bonds is 6. The molecule has 2 atom stereocenters. The molecule has 2 aliphatic heterocycles. The van der Waals surface area contributed by atoms with Gasteiger partial charge >= 0.3 is 6.18 Å². The minimum Gasteiger partial charge on any atom is -0.395 e. The van der Waals surface area contributed by atoms with E-state index in [1.54, 1.807) is 31.2 Å². The van der Waals surface area contributed by atoms with Crippen LogP contribution in [-0.2, 0) is 6.18 Å². The lowest BCUT2D eigenvalue weighted by molar-refractivity contribution is -0.139. The molecule has 6 nitrogen and oxygen atoms in total. The fourth-order valence-corrected chi connectivity index (χ4v) is 6.03. The summed E-state index contributed by atoms with van der Waals surface area (Å²) in [4.78, 5) is 8.41. The summed E-state index contributed by atoms with van der Waals surface area (Å²) in [6.07, 6.45) is -2.33. The van der Waals surface area contributed by atoms with Gasteiger partial charge in [-0.1, -0.05) is 36.2 Å². The number of piperidine rings is 1. The highest BCUT2D eigenvalue weighted by atomic mass is 35.5. The van der Waals surface area contributed by atoms with Gasteiger partial charge in [0.1, 0.15) is 11.6 Å². The van der Waals surface area contributed by atoms with Gasteiger partial charge in [-0.15, -0.1) is 5.10 Å². The summed E-state index contributed by atoms with van der Waals surface area (Å²) >= 11 is 12.4. The lowest BCUT2D eigenvalue weighted by Crippen LogP contribution is -2.54. The first-order valence-corrected chi connectivity index (χ1v) is 12.9. The predicted molar refractivity (Wildman–Crippen MR) is 134 cm³/mol. The van der Waals surface area contributed by atoms with Crippen LogP contribution in [0.25, 0.3) is 5.52 Å². The summed E-state index contributed by atoms with van der Waals surface area (Å²) in [6, 6.07) is 8.03. The summed E-state index contributed by atoms with van der Waals surface area (Å²) in [6.45, 7) is 6.25. The molecule has 0 spiro atoms. The Morgan fingerprint density at radius 3 is 2.58 bits per heavy atom. The van der Waals surface area contributed by atoms with Crippen LogP contribution >= 0.6 is 23.2 Å². The molecule has 2 saturated heterocycles. The molecule has 1 N–H and O–H groups in total. The minimum absolute atomic E-state index is 0.0813. The Labute approximate surface area is 217 Å². The van der Waals surface area contributed by atoms with Crippen LogP contribution < -0.4 is 4.90 Å². The number of likely N-dealkylation sites (tertiary alicyclic amines) is 1. The van der Waals surface area contributed by atoms with Gasteiger partial charge in [0.25, 0.3) is 0 Å².